The van der Waals surface area contributed by atoms with Gasteiger partial charge in [0.05, 0.1) is 6.54 Å². The Bertz CT molecular complexity index is 688. The smallest absolute Gasteiger partial charge is 0.134 e. The van der Waals surface area contributed by atoms with Crippen LogP contribution in [-0.4, -0.2) is 11.9 Å². The van der Waals surface area contributed by atoms with Gasteiger partial charge in [-0.25, -0.2) is 0 Å². The number of benzene rings is 1. The van der Waals surface area contributed by atoms with E-state index in [1.165, 1.54) is 15.8 Å². The van der Waals surface area contributed by atoms with Crippen molar-refractivity contribution in [3.05, 3.63) is 58.0 Å². The van der Waals surface area contributed by atoms with Crippen molar-refractivity contribution >= 4 is 22.3 Å². The summed E-state index contributed by atoms with van der Waals surface area (Å²) in [6.07, 6.45) is 0. The number of nitrogens with zero attached hydrogens (tertiary/aromatic N) is 1. The molecular weight excluding hydrogens is 268 g/mol. The molecule has 0 saturated heterocycles. The van der Waals surface area contributed by atoms with E-state index >= 15 is 0 Å². The molecule has 0 fully saturated rings. The highest BCUT2D eigenvalue weighted by atomic mass is 32.1. The largest absolute Gasteiger partial charge is 0.459 e. The van der Waals surface area contributed by atoms with Crippen LogP contribution in [0.5, 0.6) is 0 Å². The lowest BCUT2D eigenvalue weighted by atomic mass is 10.1. The number of para-hydroxylation sites is 1. The third kappa shape index (κ3) is 2.63. The summed E-state index contributed by atoms with van der Waals surface area (Å²) in [6, 6.07) is 12.4. The molecule has 0 radical (unpaired) electrons. The number of rotatable bonds is 5. The molecule has 0 unspecified atom stereocenters. The second-order valence-corrected chi connectivity index (χ2v) is 5.99. The average molecular weight is 286 g/mol. The lowest BCUT2D eigenvalue weighted by Crippen LogP contribution is -2.17. The average Bonchev–Trinajstić information content (AvgIpc) is 3.07. The summed E-state index contributed by atoms with van der Waals surface area (Å²) in [6.45, 7) is 2.24. The highest BCUT2D eigenvalue weighted by Crippen LogP contribution is 2.27. The standard InChI is InChI=1S/C16H18N2OS/c1-18(10-12-5-4-8-20-12)11-14-13-6-2-3-7-15(13)19-16(14)9-17/h2-8H,9-11,17H2,1H3. The van der Waals surface area contributed by atoms with Gasteiger partial charge in [-0.2, -0.15) is 0 Å². The van der Waals surface area contributed by atoms with Crippen LogP contribution >= 0.6 is 11.3 Å². The summed E-state index contributed by atoms with van der Waals surface area (Å²) in [5.74, 6) is 0.893. The minimum Gasteiger partial charge on any atom is -0.459 e. The number of furan rings is 1. The van der Waals surface area contributed by atoms with E-state index in [9.17, 15) is 0 Å². The lowest BCUT2D eigenvalue weighted by molar-refractivity contribution is 0.319. The quantitative estimate of drug-likeness (QED) is 0.779. The highest BCUT2D eigenvalue weighted by Gasteiger charge is 2.14. The lowest BCUT2D eigenvalue weighted by Gasteiger charge is -2.15. The number of hydrogen-bond acceptors (Lipinski definition) is 4. The van der Waals surface area contributed by atoms with Crippen molar-refractivity contribution in [1.82, 2.24) is 4.90 Å². The van der Waals surface area contributed by atoms with Gasteiger partial charge in [0.1, 0.15) is 11.3 Å². The first-order valence-corrected chi connectivity index (χ1v) is 7.56. The Hall–Kier alpha value is -1.62. The molecule has 0 saturated carbocycles. The zero-order valence-electron chi connectivity index (χ0n) is 11.5. The highest BCUT2D eigenvalue weighted by molar-refractivity contribution is 7.09. The van der Waals surface area contributed by atoms with Gasteiger partial charge in [0.25, 0.3) is 0 Å². The summed E-state index contributed by atoms with van der Waals surface area (Å²) in [4.78, 5) is 3.66. The van der Waals surface area contributed by atoms with Crippen LogP contribution in [0.4, 0.5) is 0 Å². The van der Waals surface area contributed by atoms with Gasteiger partial charge in [0.15, 0.2) is 0 Å². The Labute approximate surface area is 122 Å². The Balaban J connectivity index is 1.85. The molecule has 0 aliphatic carbocycles. The van der Waals surface area contributed by atoms with Crippen molar-refractivity contribution < 1.29 is 4.42 Å². The number of thiophene rings is 1. The molecule has 20 heavy (non-hydrogen) atoms. The van der Waals surface area contributed by atoms with Gasteiger partial charge in [-0.1, -0.05) is 24.3 Å². The topological polar surface area (TPSA) is 42.4 Å². The Morgan fingerprint density at radius 1 is 1.15 bits per heavy atom. The van der Waals surface area contributed by atoms with Gasteiger partial charge >= 0.3 is 0 Å². The Kier molecular flexibility index (Phi) is 3.87. The number of nitrogens with two attached hydrogens (primary N) is 1. The van der Waals surface area contributed by atoms with Crippen molar-refractivity contribution in [1.29, 1.82) is 0 Å². The molecule has 3 rings (SSSR count). The molecule has 104 valence electrons. The predicted octanol–water partition coefficient (Wildman–Crippen LogP) is 3.59. The fraction of sp³-hybridized carbons (Fsp3) is 0.250. The molecule has 0 aliphatic rings. The van der Waals surface area contributed by atoms with Gasteiger partial charge in [0, 0.05) is 28.9 Å². The van der Waals surface area contributed by atoms with Gasteiger partial charge in [-0.3, -0.25) is 4.90 Å². The van der Waals surface area contributed by atoms with Crippen LogP contribution in [0.2, 0.25) is 0 Å². The molecule has 1 aromatic carbocycles. The molecule has 0 aliphatic heterocycles. The number of hydrogen-bond donors (Lipinski definition) is 1. The van der Waals surface area contributed by atoms with E-state index in [1.807, 2.05) is 18.2 Å². The summed E-state index contributed by atoms with van der Waals surface area (Å²) < 4.78 is 5.84. The van der Waals surface area contributed by atoms with Crippen LogP contribution in [0.3, 0.4) is 0 Å². The second-order valence-electron chi connectivity index (χ2n) is 4.96. The maximum Gasteiger partial charge on any atom is 0.134 e. The maximum absolute atomic E-state index is 5.84. The van der Waals surface area contributed by atoms with E-state index in [4.69, 9.17) is 10.2 Å². The zero-order chi connectivity index (χ0) is 13.9. The Morgan fingerprint density at radius 3 is 2.75 bits per heavy atom. The van der Waals surface area contributed by atoms with Crippen molar-refractivity contribution in [2.24, 2.45) is 5.73 Å². The van der Waals surface area contributed by atoms with Gasteiger partial charge < -0.3 is 10.2 Å². The van der Waals surface area contributed by atoms with E-state index < -0.39 is 0 Å². The van der Waals surface area contributed by atoms with E-state index in [1.54, 1.807) is 11.3 Å². The van der Waals surface area contributed by atoms with Crippen LogP contribution in [-0.2, 0) is 19.6 Å². The molecule has 0 spiro atoms. The molecular formula is C16H18N2OS. The SMILES string of the molecule is CN(Cc1cccs1)Cc1c(CN)oc2ccccc12. The first-order chi connectivity index (χ1) is 9.78. The van der Waals surface area contributed by atoms with E-state index in [2.05, 4.69) is 35.5 Å². The molecule has 0 bridgehead atoms. The second kappa shape index (κ2) is 5.79. The van der Waals surface area contributed by atoms with Gasteiger partial charge in [0.2, 0.25) is 0 Å². The van der Waals surface area contributed by atoms with Crippen LogP contribution < -0.4 is 5.73 Å². The monoisotopic (exact) mass is 286 g/mol. The molecule has 0 amide bonds. The van der Waals surface area contributed by atoms with Gasteiger partial charge in [-0.15, -0.1) is 11.3 Å². The molecule has 2 aromatic heterocycles. The molecule has 0 atom stereocenters. The third-order valence-electron chi connectivity index (χ3n) is 3.40. The predicted molar refractivity (Wildman–Crippen MR) is 83.6 cm³/mol. The van der Waals surface area contributed by atoms with E-state index in [0.29, 0.717) is 6.54 Å². The van der Waals surface area contributed by atoms with E-state index in [-0.39, 0.29) is 0 Å². The molecule has 4 heteroatoms. The first-order valence-electron chi connectivity index (χ1n) is 6.68. The zero-order valence-corrected chi connectivity index (χ0v) is 12.3. The molecule has 2 heterocycles. The van der Waals surface area contributed by atoms with Crippen LogP contribution in [0.25, 0.3) is 11.0 Å². The minimum atomic E-state index is 0.441. The third-order valence-corrected chi connectivity index (χ3v) is 4.26. The summed E-state index contributed by atoms with van der Waals surface area (Å²) in [7, 11) is 2.13. The molecule has 3 nitrogen and oxygen atoms in total. The Morgan fingerprint density at radius 2 is 2.00 bits per heavy atom. The maximum atomic E-state index is 5.84. The fourth-order valence-corrected chi connectivity index (χ4v) is 3.27. The summed E-state index contributed by atoms with van der Waals surface area (Å²) in [5.41, 5.74) is 7.95. The summed E-state index contributed by atoms with van der Waals surface area (Å²) >= 11 is 1.79. The van der Waals surface area contributed by atoms with Gasteiger partial charge in [-0.05, 0) is 24.6 Å². The molecule has 2 N–H and O–H groups in total. The van der Waals surface area contributed by atoms with Crippen molar-refractivity contribution in [3.8, 4) is 0 Å². The fourth-order valence-electron chi connectivity index (χ4n) is 2.48. The normalized spacial score (nSPS) is 11.6. The van der Waals surface area contributed by atoms with Crippen LogP contribution in [0.1, 0.15) is 16.2 Å². The minimum absolute atomic E-state index is 0.441. The van der Waals surface area contributed by atoms with Crippen LogP contribution in [0, 0.1) is 0 Å². The van der Waals surface area contributed by atoms with Crippen LogP contribution in [0.15, 0.2) is 46.2 Å². The van der Waals surface area contributed by atoms with E-state index in [0.717, 1.165) is 24.4 Å². The first kappa shape index (κ1) is 13.4. The van der Waals surface area contributed by atoms with Crippen molar-refractivity contribution in [2.45, 2.75) is 19.6 Å². The van der Waals surface area contributed by atoms with Crippen molar-refractivity contribution in [3.63, 3.8) is 0 Å². The number of fused-ring (bicyclic) bond motifs is 1. The molecule has 3 aromatic rings. The van der Waals surface area contributed by atoms with Crippen molar-refractivity contribution in [2.75, 3.05) is 7.05 Å². The summed E-state index contributed by atoms with van der Waals surface area (Å²) in [5, 5.41) is 3.29.